The molecule has 2 N–H and O–H groups in total. The van der Waals surface area contributed by atoms with Gasteiger partial charge in [0.25, 0.3) is 0 Å². The fourth-order valence-corrected chi connectivity index (χ4v) is 3.12. The highest BCUT2D eigenvalue weighted by molar-refractivity contribution is 5.48. The van der Waals surface area contributed by atoms with E-state index in [-0.39, 0.29) is 0 Å². The number of rotatable bonds is 5. The molecular weight excluding hydrogens is 236 g/mol. The predicted molar refractivity (Wildman–Crippen MR) is 80.8 cm³/mol. The Morgan fingerprint density at radius 1 is 1.21 bits per heavy atom. The fourth-order valence-electron chi connectivity index (χ4n) is 3.12. The molecule has 0 spiro atoms. The topological polar surface area (TPSA) is 35.5 Å². The molecule has 1 saturated carbocycles. The quantitative estimate of drug-likeness (QED) is 0.856. The Labute approximate surface area is 116 Å². The zero-order chi connectivity index (χ0) is 13.7. The molecule has 1 aromatic carbocycles. The Morgan fingerprint density at radius 2 is 1.89 bits per heavy atom. The van der Waals surface area contributed by atoms with Crippen LogP contribution in [0.25, 0.3) is 0 Å². The van der Waals surface area contributed by atoms with Crippen molar-refractivity contribution in [2.24, 2.45) is 5.92 Å². The third kappa shape index (κ3) is 3.87. The highest BCUT2D eigenvalue weighted by atomic mass is 16.3. The summed E-state index contributed by atoms with van der Waals surface area (Å²) in [5.74, 6) is 1.06. The molecule has 0 aromatic heterocycles. The molecule has 0 aliphatic heterocycles. The molecule has 0 heterocycles. The first-order valence-electron chi connectivity index (χ1n) is 7.44. The van der Waals surface area contributed by atoms with Crippen LogP contribution in [0.2, 0.25) is 0 Å². The van der Waals surface area contributed by atoms with Gasteiger partial charge in [-0.25, -0.2) is 0 Å². The maximum absolute atomic E-state index is 9.34. The maximum Gasteiger partial charge on any atom is 0.115 e. The summed E-state index contributed by atoms with van der Waals surface area (Å²) in [6.07, 6.45) is 5.34. The van der Waals surface area contributed by atoms with Crippen LogP contribution >= 0.6 is 0 Å². The van der Waals surface area contributed by atoms with Crippen molar-refractivity contribution in [3.8, 4) is 5.75 Å². The molecule has 1 aromatic rings. The lowest BCUT2D eigenvalue weighted by Gasteiger charge is -2.35. The van der Waals surface area contributed by atoms with Crippen molar-refractivity contribution in [1.82, 2.24) is 5.32 Å². The van der Waals surface area contributed by atoms with Gasteiger partial charge in [0, 0.05) is 25.3 Å². The Hall–Kier alpha value is -1.22. The van der Waals surface area contributed by atoms with Gasteiger partial charge in [-0.2, -0.15) is 0 Å². The highest BCUT2D eigenvalue weighted by Gasteiger charge is 2.25. The van der Waals surface area contributed by atoms with Crippen LogP contribution < -0.4 is 10.2 Å². The first kappa shape index (κ1) is 14.2. The minimum absolute atomic E-state index is 0.334. The van der Waals surface area contributed by atoms with Crippen molar-refractivity contribution in [2.75, 3.05) is 25.0 Å². The van der Waals surface area contributed by atoms with E-state index in [2.05, 4.69) is 24.2 Å². The van der Waals surface area contributed by atoms with Crippen LogP contribution in [-0.2, 0) is 0 Å². The third-order valence-electron chi connectivity index (χ3n) is 4.17. The molecule has 0 bridgehead atoms. The SMILES string of the molecule is CCNC1CCCCC1CN(C)c1ccc(O)cc1. The molecule has 0 radical (unpaired) electrons. The van der Waals surface area contributed by atoms with Crippen LogP contribution in [0.1, 0.15) is 32.6 Å². The lowest BCUT2D eigenvalue weighted by molar-refractivity contribution is 0.269. The highest BCUT2D eigenvalue weighted by Crippen LogP contribution is 2.27. The fraction of sp³-hybridized carbons (Fsp3) is 0.625. The normalized spacial score (nSPS) is 23.3. The molecule has 0 saturated heterocycles. The van der Waals surface area contributed by atoms with Crippen molar-refractivity contribution in [2.45, 2.75) is 38.6 Å². The molecule has 2 atom stereocenters. The summed E-state index contributed by atoms with van der Waals surface area (Å²) in [6, 6.07) is 8.15. The molecule has 2 rings (SSSR count). The van der Waals surface area contributed by atoms with Gasteiger partial charge in [0.2, 0.25) is 0 Å². The zero-order valence-electron chi connectivity index (χ0n) is 12.1. The molecule has 3 nitrogen and oxygen atoms in total. The summed E-state index contributed by atoms with van der Waals surface area (Å²) >= 11 is 0. The van der Waals surface area contributed by atoms with Gasteiger partial charge in [0.05, 0.1) is 0 Å². The Kier molecular flexibility index (Phi) is 5.08. The second-order valence-corrected chi connectivity index (χ2v) is 5.61. The number of phenols is 1. The van der Waals surface area contributed by atoms with E-state index >= 15 is 0 Å². The molecule has 0 amide bonds. The van der Waals surface area contributed by atoms with E-state index in [1.165, 1.54) is 31.4 Å². The molecule has 19 heavy (non-hydrogen) atoms. The van der Waals surface area contributed by atoms with E-state index in [1.54, 1.807) is 12.1 Å². The summed E-state index contributed by atoms with van der Waals surface area (Å²) in [7, 11) is 2.14. The van der Waals surface area contributed by atoms with Crippen LogP contribution in [0.5, 0.6) is 5.75 Å². The molecule has 1 fully saturated rings. The first-order valence-corrected chi connectivity index (χ1v) is 7.44. The predicted octanol–water partition coefficient (Wildman–Crippen LogP) is 3.00. The Morgan fingerprint density at radius 3 is 2.58 bits per heavy atom. The van der Waals surface area contributed by atoms with E-state index in [1.807, 2.05) is 12.1 Å². The number of nitrogens with zero attached hydrogens (tertiary/aromatic N) is 1. The van der Waals surface area contributed by atoms with Gasteiger partial charge < -0.3 is 15.3 Å². The molecule has 1 aliphatic carbocycles. The number of hydrogen-bond donors (Lipinski definition) is 2. The molecule has 2 unspecified atom stereocenters. The lowest BCUT2D eigenvalue weighted by Crippen LogP contribution is -2.43. The van der Waals surface area contributed by atoms with Gasteiger partial charge in [0.1, 0.15) is 5.75 Å². The number of aromatic hydroxyl groups is 1. The van der Waals surface area contributed by atoms with Crippen LogP contribution in [0.3, 0.4) is 0 Å². The smallest absolute Gasteiger partial charge is 0.115 e. The van der Waals surface area contributed by atoms with E-state index in [0.29, 0.717) is 11.8 Å². The average Bonchev–Trinajstić information content (AvgIpc) is 2.42. The van der Waals surface area contributed by atoms with Crippen LogP contribution in [0.4, 0.5) is 5.69 Å². The second-order valence-electron chi connectivity index (χ2n) is 5.61. The van der Waals surface area contributed by atoms with Gasteiger partial charge in [0.15, 0.2) is 0 Å². The standard InChI is InChI=1S/C16H26N2O/c1-3-17-16-7-5-4-6-13(16)12-18(2)14-8-10-15(19)11-9-14/h8-11,13,16-17,19H,3-7,12H2,1-2H3. The van der Waals surface area contributed by atoms with Gasteiger partial charge >= 0.3 is 0 Å². The largest absolute Gasteiger partial charge is 0.508 e. The molecule has 1 aliphatic rings. The van der Waals surface area contributed by atoms with Crippen LogP contribution in [0.15, 0.2) is 24.3 Å². The van der Waals surface area contributed by atoms with Gasteiger partial charge in [-0.05, 0) is 49.6 Å². The number of nitrogens with one attached hydrogen (secondary N) is 1. The van der Waals surface area contributed by atoms with Gasteiger partial charge in [-0.1, -0.05) is 19.8 Å². The summed E-state index contributed by atoms with van der Waals surface area (Å²) in [4.78, 5) is 2.31. The minimum Gasteiger partial charge on any atom is -0.508 e. The number of benzene rings is 1. The third-order valence-corrected chi connectivity index (χ3v) is 4.17. The minimum atomic E-state index is 0.334. The summed E-state index contributed by atoms with van der Waals surface area (Å²) in [5, 5.41) is 13.0. The number of hydrogen-bond acceptors (Lipinski definition) is 3. The molecular formula is C16H26N2O. The summed E-state index contributed by atoms with van der Waals surface area (Å²) < 4.78 is 0. The number of anilines is 1. The second kappa shape index (κ2) is 6.80. The first-order chi connectivity index (χ1) is 9.20. The van der Waals surface area contributed by atoms with Gasteiger partial charge in [-0.15, -0.1) is 0 Å². The zero-order valence-corrected chi connectivity index (χ0v) is 12.1. The lowest BCUT2D eigenvalue weighted by atomic mass is 9.84. The van der Waals surface area contributed by atoms with E-state index in [9.17, 15) is 5.11 Å². The van der Waals surface area contributed by atoms with Crippen molar-refractivity contribution >= 4 is 5.69 Å². The average molecular weight is 262 g/mol. The summed E-state index contributed by atoms with van der Waals surface area (Å²) in [6.45, 7) is 4.34. The Balaban J connectivity index is 1.96. The molecule has 3 heteroatoms. The molecule has 106 valence electrons. The van der Waals surface area contributed by atoms with E-state index in [4.69, 9.17) is 0 Å². The van der Waals surface area contributed by atoms with E-state index in [0.717, 1.165) is 19.0 Å². The monoisotopic (exact) mass is 262 g/mol. The summed E-state index contributed by atoms with van der Waals surface area (Å²) in [5.41, 5.74) is 1.18. The Bertz CT molecular complexity index is 375. The van der Waals surface area contributed by atoms with Crippen LogP contribution in [-0.4, -0.2) is 31.3 Å². The van der Waals surface area contributed by atoms with Crippen LogP contribution in [0, 0.1) is 5.92 Å². The van der Waals surface area contributed by atoms with E-state index < -0.39 is 0 Å². The van der Waals surface area contributed by atoms with Crippen molar-refractivity contribution < 1.29 is 5.11 Å². The van der Waals surface area contributed by atoms with Crippen molar-refractivity contribution in [3.05, 3.63) is 24.3 Å². The van der Waals surface area contributed by atoms with Crippen molar-refractivity contribution in [3.63, 3.8) is 0 Å². The number of phenolic OH excluding ortho intramolecular Hbond substituents is 1. The van der Waals surface area contributed by atoms with Gasteiger partial charge in [-0.3, -0.25) is 0 Å². The van der Waals surface area contributed by atoms with Crippen molar-refractivity contribution in [1.29, 1.82) is 0 Å². The maximum atomic E-state index is 9.34.